The molecule has 0 saturated carbocycles. The maximum Gasteiger partial charge on any atom is 0.144 e. The van der Waals surface area contributed by atoms with Crippen LogP contribution in [0, 0.1) is 0 Å². The maximum absolute atomic E-state index is 4.70. The molecule has 0 aliphatic carbocycles. The first-order valence-electron chi connectivity index (χ1n) is 9.19. The van der Waals surface area contributed by atoms with E-state index in [9.17, 15) is 0 Å². The van der Waals surface area contributed by atoms with Crippen LogP contribution >= 0.6 is 0 Å². The molecule has 3 heterocycles. The van der Waals surface area contributed by atoms with Crippen LogP contribution in [-0.4, -0.2) is 34.7 Å². The van der Waals surface area contributed by atoms with Gasteiger partial charge in [-0.3, -0.25) is 5.10 Å². The fourth-order valence-electron chi connectivity index (χ4n) is 3.35. The topological polar surface area (TPSA) is 85.2 Å². The molecule has 5 rings (SSSR count). The molecule has 2 aromatic carbocycles. The monoisotopic (exact) mass is 379 g/mol. The highest BCUT2D eigenvalue weighted by Crippen LogP contribution is 2.32. The Labute approximate surface area is 167 Å². The van der Waals surface area contributed by atoms with E-state index in [1.54, 1.807) is 0 Å². The molecule has 0 bridgehead atoms. The van der Waals surface area contributed by atoms with E-state index in [0.717, 1.165) is 39.5 Å². The molecular weight excluding hydrogens is 362 g/mol. The summed E-state index contributed by atoms with van der Waals surface area (Å²) < 4.78 is 2.09. The van der Waals surface area contributed by atoms with Gasteiger partial charge in [0.05, 0.1) is 24.3 Å². The molecule has 3 aromatic heterocycles. The van der Waals surface area contributed by atoms with Crippen molar-refractivity contribution in [1.29, 1.82) is 0 Å². The van der Waals surface area contributed by atoms with Gasteiger partial charge in [-0.1, -0.05) is 54.6 Å². The minimum Gasteiger partial charge on any atom is -0.322 e. The van der Waals surface area contributed by atoms with Crippen molar-refractivity contribution in [2.24, 2.45) is 0 Å². The van der Waals surface area contributed by atoms with Gasteiger partial charge in [0.2, 0.25) is 0 Å². The van der Waals surface area contributed by atoms with Crippen LogP contribution in [0.4, 0.5) is 0 Å². The van der Waals surface area contributed by atoms with E-state index in [4.69, 9.17) is 4.98 Å². The van der Waals surface area contributed by atoms with Gasteiger partial charge in [0.15, 0.2) is 0 Å². The molecule has 0 radical (unpaired) electrons. The molecule has 140 valence electrons. The number of hydrogen-bond donors (Lipinski definition) is 1. The van der Waals surface area contributed by atoms with E-state index in [1.165, 1.54) is 12.7 Å². The summed E-state index contributed by atoms with van der Waals surface area (Å²) in [5.41, 5.74) is 6.15. The normalized spacial score (nSPS) is 10.9. The van der Waals surface area contributed by atoms with Crippen LogP contribution in [0.1, 0.15) is 5.82 Å². The number of H-pyrrole nitrogens is 1. The van der Waals surface area contributed by atoms with E-state index in [2.05, 4.69) is 66.1 Å². The quantitative estimate of drug-likeness (QED) is 0.501. The van der Waals surface area contributed by atoms with Gasteiger partial charge in [-0.2, -0.15) is 5.10 Å². The molecule has 7 heteroatoms. The fourth-order valence-corrected chi connectivity index (χ4v) is 3.35. The molecule has 0 aliphatic heterocycles. The summed E-state index contributed by atoms with van der Waals surface area (Å²) in [6.07, 6.45) is 8.52. The number of imidazole rings is 1. The van der Waals surface area contributed by atoms with Crippen LogP contribution in [0.5, 0.6) is 0 Å². The summed E-state index contributed by atoms with van der Waals surface area (Å²) in [6, 6.07) is 18.5. The Morgan fingerprint density at radius 3 is 2.21 bits per heavy atom. The molecule has 5 aromatic rings. The molecule has 0 spiro atoms. The lowest BCUT2D eigenvalue weighted by molar-refractivity contribution is 0.753. The van der Waals surface area contributed by atoms with E-state index < -0.39 is 0 Å². The van der Waals surface area contributed by atoms with Gasteiger partial charge >= 0.3 is 0 Å². The molecule has 1 N–H and O–H groups in total. The second-order valence-electron chi connectivity index (χ2n) is 6.57. The Hall–Kier alpha value is -4.13. The van der Waals surface area contributed by atoms with Gasteiger partial charge in [-0.15, -0.1) is 0 Å². The average molecular weight is 379 g/mol. The second-order valence-corrected chi connectivity index (χ2v) is 6.57. The second kappa shape index (κ2) is 7.47. The van der Waals surface area contributed by atoms with Crippen LogP contribution in [-0.2, 0) is 6.54 Å². The van der Waals surface area contributed by atoms with Gasteiger partial charge in [-0.05, 0) is 5.56 Å². The highest BCUT2D eigenvalue weighted by molar-refractivity contribution is 5.80. The van der Waals surface area contributed by atoms with E-state index >= 15 is 0 Å². The third kappa shape index (κ3) is 3.41. The fraction of sp³-hybridized carbons (Fsp3) is 0.0455. The van der Waals surface area contributed by atoms with E-state index in [1.807, 2.05) is 36.9 Å². The number of nitrogens with one attached hydrogen (secondary N) is 1. The van der Waals surface area contributed by atoms with Crippen molar-refractivity contribution in [3.8, 4) is 33.6 Å². The number of nitrogens with zero attached hydrogens (tertiary/aromatic N) is 6. The van der Waals surface area contributed by atoms with E-state index in [0.29, 0.717) is 6.54 Å². The zero-order valence-corrected chi connectivity index (χ0v) is 15.5. The molecule has 0 fully saturated rings. The van der Waals surface area contributed by atoms with Crippen molar-refractivity contribution in [1.82, 2.24) is 34.7 Å². The summed E-state index contributed by atoms with van der Waals surface area (Å²) >= 11 is 0. The summed E-state index contributed by atoms with van der Waals surface area (Å²) in [6.45, 7) is 0.559. The summed E-state index contributed by atoms with van der Waals surface area (Å²) in [5, 5.41) is 6.87. The van der Waals surface area contributed by atoms with Crippen molar-refractivity contribution < 1.29 is 0 Å². The van der Waals surface area contributed by atoms with Crippen molar-refractivity contribution >= 4 is 0 Å². The zero-order valence-electron chi connectivity index (χ0n) is 15.5. The van der Waals surface area contributed by atoms with Crippen molar-refractivity contribution in [2.45, 2.75) is 6.54 Å². The first-order chi connectivity index (χ1) is 14.4. The lowest BCUT2D eigenvalue weighted by atomic mass is 10.0. The highest BCUT2D eigenvalue weighted by Gasteiger charge is 2.16. The molecule has 0 aliphatic rings. The summed E-state index contributed by atoms with van der Waals surface area (Å²) in [7, 11) is 0. The number of benzene rings is 2. The van der Waals surface area contributed by atoms with E-state index in [-0.39, 0.29) is 0 Å². The highest BCUT2D eigenvalue weighted by atomic mass is 15.2. The van der Waals surface area contributed by atoms with Gasteiger partial charge in [0.1, 0.15) is 18.5 Å². The van der Waals surface area contributed by atoms with Crippen molar-refractivity contribution in [3.05, 3.63) is 91.8 Å². The Morgan fingerprint density at radius 2 is 1.48 bits per heavy atom. The minimum absolute atomic E-state index is 0.559. The van der Waals surface area contributed by atoms with Crippen LogP contribution in [0.3, 0.4) is 0 Å². The van der Waals surface area contributed by atoms with Crippen molar-refractivity contribution in [3.63, 3.8) is 0 Å². The Morgan fingerprint density at radius 1 is 0.724 bits per heavy atom. The number of rotatable bonds is 5. The smallest absolute Gasteiger partial charge is 0.144 e. The standard InChI is InChI=1S/C22H17N7/c1-2-4-17(5-3-1)21-22(29(15-26-21)12-20-25-14-27-28-20)18-8-6-16(7-9-18)19-10-23-13-24-11-19/h1-11,13-15H,12H2,(H,25,27,28). The molecule has 0 amide bonds. The van der Waals surface area contributed by atoms with Gasteiger partial charge in [0, 0.05) is 29.1 Å². The lowest BCUT2D eigenvalue weighted by Crippen LogP contribution is -2.02. The minimum atomic E-state index is 0.559. The predicted octanol–water partition coefficient (Wildman–Crippen LogP) is 3.84. The largest absolute Gasteiger partial charge is 0.322 e. The molecular formula is C22H17N7. The average Bonchev–Trinajstić information content (AvgIpc) is 3.46. The van der Waals surface area contributed by atoms with Gasteiger partial charge < -0.3 is 4.57 Å². The van der Waals surface area contributed by atoms with Crippen LogP contribution in [0.15, 0.2) is 86.0 Å². The first-order valence-corrected chi connectivity index (χ1v) is 9.19. The number of aromatic amines is 1. The molecule has 7 nitrogen and oxygen atoms in total. The maximum atomic E-state index is 4.70. The third-order valence-corrected chi connectivity index (χ3v) is 4.72. The Bertz CT molecular complexity index is 1200. The first kappa shape index (κ1) is 17.0. The SMILES string of the molecule is c1ccc(-c2ncn(Cc3ncn[nH]3)c2-c2ccc(-c3cncnc3)cc2)cc1. The molecule has 0 unspecified atom stereocenters. The Balaban J connectivity index is 1.59. The van der Waals surface area contributed by atoms with Crippen LogP contribution in [0.25, 0.3) is 33.6 Å². The molecule has 0 atom stereocenters. The molecule has 29 heavy (non-hydrogen) atoms. The number of aromatic nitrogens is 7. The molecule has 0 saturated heterocycles. The van der Waals surface area contributed by atoms with Crippen molar-refractivity contribution in [2.75, 3.05) is 0 Å². The lowest BCUT2D eigenvalue weighted by Gasteiger charge is -2.10. The summed E-state index contributed by atoms with van der Waals surface area (Å²) in [4.78, 5) is 17.2. The summed E-state index contributed by atoms with van der Waals surface area (Å²) in [5.74, 6) is 0.779. The number of hydrogen-bond acceptors (Lipinski definition) is 5. The van der Waals surface area contributed by atoms with Gasteiger partial charge in [0.25, 0.3) is 0 Å². The zero-order chi connectivity index (χ0) is 19.5. The van der Waals surface area contributed by atoms with Crippen LogP contribution in [0.2, 0.25) is 0 Å². The van der Waals surface area contributed by atoms with Gasteiger partial charge in [-0.25, -0.2) is 19.9 Å². The third-order valence-electron chi connectivity index (χ3n) is 4.72. The van der Waals surface area contributed by atoms with Crippen LogP contribution < -0.4 is 0 Å². The Kier molecular flexibility index (Phi) is 4.38. The predicted molar refractivity (Wildman–Crippen MR) is 110 cm³/mol.